The number of halogens is 1. The molecule has 2 rings (SSSR count). The topological polar surface area (TPSA) is 38.5 Å². The first-order valence-electron chi connectivity index (χ1n) is 5.91. The first kappa shape index (κ1) is 13.0. The molecule has 17 heavy (non-hydrogen) atoms. The summed E-state index contributed by atoms with van der Waals surface area (Å²) in [6.07, 6.45) is 0.0766. The molecular formula is C13H19BrN2O. The van der Waals surface area contributed by atoms with E-state index in [0.29, 0.717) is 6.54 Å². The number of nitrogens with zero attached hydrogens (tertiary/aromatic N) is 1. The van der Waals surface area contributed by atoms with Crippen LogP contribution in [-0.4, -0.2) is 37.7 Å². The fourth-order valence-electron chi connectivity index (χ4n) is 2.37. The van der Waals surface area contributed by atoms with Crippen molar-refractivity contribution in [2.45, 2.75) is 19.1 Å². The highest BCUT2D eigenvalue weighted by Gasteiger charge is 2.31. The van der Waals surface area contributed by atoms with E-state index in [1.54, 1.807) is 0 Å². The van der Waals surface area contributed by atoms with Crippen molar-refractivity contribution >= 4 is 15.9 Å². The van der Waals surface area contributed by atoms with Gasteiger partial charge in [-0.15, -0.1) is 0 Å². The molecule has 0 aliphatic carbocycles. The van der Waals surface area contributed by atoms with E-state index in [1.165, 1.54) is 11.1 Å². The zero-order chi connectivity index (χ0) is 12.4. The van der Waals surface area contributed by atoms with E-state index in [2.05, 4.69) is 53.0 Å². The molecule has 2 atom stereocenters. The van der Waals surface area contributed by atoms with Crippen LogP contribution >= 0.6 is 15.9 Å². The van der Waals surface area contributed by atoms with E-state index >= 15 is 0 Å². The predicted octanol–water partition coefficient (Wildman–Crippen LogP) is 2.09. The molecule has 4 heteroatoms. The summed E-state index contributed by atoms with van der Waals surface area (Å²) in [4.78, 5) is 2.32. The summed E-state index contributed by atoms with van der Waals surface area (Å²) in [5, 5.41) is 0. The van der Waals surface area contributed by atoms with E-state index in [9.17, 15) is 0 Å². The third-order valence-corrected chi connectivity index (χ3v) is 4.00. The van der Waals surface area contributed by atoms with Gasteiger partial charge in [-0.2, -0.15) is 0 Å². The molecule has 1 heterocycles. The monoisotopic (exact) mass is 298 g/mol. The van der Waals surface area contributed by atoms with Crippen molar-refractivity contribution < 1.29 is 4.74 Å². The van der Waals surface area contributed by atoms with Gasteiger partial charge in [0.05, 0.1) is 18.8 Å². The Morgan fingerprint density at radius 3 is 2.94 bits per heavy atom. The van der Waals surface area contributed by atoms with Crippen LogP contribution in [0, 0.1) is 6.92 Å². The van der Waals surface area contributed by atoms with Crippen LogP contribution < -0.4 is 5.73 Å². The van der Waals surface area contributed by atoms with Crippen LogP contribution in [0.25, 0.3) is 0 Å². The number of benzene rings is 1. The molecule has 1 aliphatic heterocycles. The second-order valence-electron chi connectivity index (χ2n) is 4.60. The summed E-state index contributed by atoms with van der Waals surface area (Å²) in [6.45, 7) is 4.35. The van der Waals surface area contributed by atoms with Gasteiger partial charge >= 0.3 is 0 Å². The summed E-state index contributed by atoms with van der Waals surface area (Å²) in [7, 11) is 2.13. The number of aryl methyl sites for hydroxylation is 1. The zero-order valence-corrected chi connectivity index (χ0v) is 11.9. The van der Waals surface area contributed by atoms with Crippen molar-refractivity contribution in [3.8, 4) is 0 Å². The lowest BCUT2D eigenvalue weighted by molar-refractivity contribution is -0.0578. The molecule has 0 saturated carbocycles. The molecule has 1 aromatic rings. The average Bonchev–Trinajstić information content (AvgIpc) is 2.30. The van der Waals surface area contributed by atoms with Crippen molar-refractivity contribution in [1.29, 1.82) is 0 Å². The molecular weight excluding hydrogens is 280 g/mol. The maximum absolute atomic E-state index is 5.81. The fraction of sp³-hybridized carbons (Fsp3) is 0.538. The third-order valence-electron chi connectivity index (χ3n) is 3.31. The number of nitrogens with two attached hydrogens (primary N) is 1. The maximum atomic E-state index is 5.81. The Balaban J connectivity index is 2.34. The quantitative estimate of drug-likeness (QED) is 0.909. The predicted molar refractivity (Wildman–Crippen MR) is 73.0 cm³/mol. The lowest BCUT2D eigenvalue weighted by Crippen LogP contribution is -2.46. The van der Waals surface area contributed by atoms with E-state index < -0.39 is 0 Å². The van der Waals surface area contributed by atoms with Crippen LogP contribution in [0.1, 0.15) is 17.2 Å². The third kappa shape index (κ3) is 2.71. The molecule has 0 amide bonds. The second-order valence-corrected chi connectivity index (χ2v) is 5.45. The van der Waals surface area contributed by atoms with Gasteiger partial charge in [0, 0.05) is 17.6 Å². The van der Waals surface area contributed by atoms with Crippen LogP contribution in [0.2, 0.25) is 0 Å². The molecule has 1 saturated heterocycles. The number of hydrogen-bond donors (Lipinski definition) is 1. The molecule has 0 aromatic heterocycles. The smallest absolute Gasteiger partial charge is 0.0894 e. The van der Waals surface area contributed by atoms with Crippen LogP contribution in [-0.2, 0) is 4.74 Å². The van der Waals surface area contributed by atoms with Gasteiger partial charge in [-0.05, 0) is 31.2 Å². The minimum atomic E-state index is 0.0766. The van der Waals surface area contributed by atoms with Gasteiger partial charge in [-0.3, -0.25) is 4.90 Å². The normalized spacial score (nSPS) is 26.1. The average molecular weight is 299 g/mol. The van der Waals surface area contributed by atoms with Gasteiger partial charge in [0.15, 0.2) is 0 Å². The minimum Gasteiger partial charge on any atom is -0.374 e. The van der Waals surface area contributed by atoms with E-state index in [0.717, 1.165) is 17.6 Å². The van der Waals surface area contributed by atoms with E-state index in [4.69, 9.17) is 10.5 Å². The van der Waals surface area contributed by atoms with Crippen LogP contribution in [0.3, 0.4) is 0 Å². The number of ether oxygens (including phenoxy) is 1. The fourth-order valence-corrected chi connectivity index (χ4v) is 3.10. The molecule has 1 aliphatic rings. The van der Waals surface area contributed by atoms with Crippen molar-refractivity contribution in [3.05, 3.63) is 33.8 Å². The summed E-state index contributed by atoms with van der Waals surface area (Å²) in [6, 6.07) is 6.68. The Bertz CT molecular complexity index is 397. The SMILES string of the molecule is Cc1ccc(C2C(CN)OCCN2C)c(Br)c1. The molecule has 3 nitrogen and oxygen atoms in total. The van der Waals surface area contributed by atoms with Crippen molar-refractivity contribution in [2.75, 3.05) is 26.7 Å². The largest absolute Gasteiger partial charge is 0.374 e. The summed E-state index contributed by atoms with van der Waals surface area (Å²) in [5.41, 5.74) is 8.32. The number of hydrogen-bond acceptors (Lipinski definition) is 3. The highest BCUT2D eigenvalue weighted by atomic mass is 79.9. The number of likely N-dealkylation sites (N-methyl/N-ethyl adjacent to an activating group) is 1. The molecule has 2 unspecified atom stereocenters. The lowest BCUT2D eigenvalue weighted by Gasteiger charge is -2.39. The van der Waals surface area contributed by atoms with Crippen LogP contribution in [0.5, 0.6) is 0 Å². The van der Waals surface area contributed by atoms with Gasteiger partial charge in [-0.1, -0.05) is 28.1 Å². The Labute approximate surface area is 111 Å². The Morgan fingerprint density at radius 1 is 1.53 bits per heavy atom. The van der Waals surface area contributed by atoms with E-state index in [-0.39, 0.29) is 12.1 Å². The van der Waals surface area contributed by atoms with Crippen molar-refractivity contribution in [1.82, 2.24) is 4.90 Å². The van der Waals surface area contributed by atoms with Gasteiger partial charge in [0.1, 0.15) is 0 Å². The molecule has 2 N–H and O–H groups in total. The van der Waals surface area contributed by atoms with Gasteiger partial charge in [-0.25, -0.2) is 0 Å². The number of morpholine rings is 1. The highest BCUT2D eigenvalue weighted by molar-refractivity contribution is 9.10. The maximum Gasteiger partial charge on any atom is 0.0894 e. The molecule has 1 aromatic carbocycles. The standard InChI is InChI=1S/C13H19BrN2O/c1-9-3-4-10(11(14)7-9)13-12(8-15)17-6-5-16(13)2/h3-4,7,12-13H,5-6,8,15H2,1-2H3. The molecule has 0 radical (unpaired) electrons. The minimum absolute atomic E-state index is 0.0766. The highest BCUT2D eigenvalue weighted by Crippen LogP contribution is 2.33. The summed E-state index contributed by atoms with van der Waals surface area (Å²) < 4.78 is 6.90. The first-order chi connectivity index (χ1) is 8.13. The lowest BCUT2D eigenvalue weighted by atomic mass is 9.97. The van der Waals surface area contributed by atoms with Gasteiger partial charge in [0.2, 0.25) is 0 Å². The molecule has 94 valence electrons. The van der Waals surface area contributed by atoms with Gasteiger partial charge < -0.3 is 10.5 Å². The zero-order valence-electron chi connectivity index (χ0n) is 10.3. The molecule has 0 spiro atoms. The summed E-state index contributed by atoms with van der Waals surface area (Å²) in [5.74, 6) is 0. The molecule has 1 fully saturated rings. The van der Waals surface area contributed by atoms with Crippen molar-refractivity contribution in [3.63, 3.8) is 0 Å². The number of rotatable bonds is 2. The summed E-state index contributed by atoms with van der Waals surface area (Å²) >= 11 is 3.64. The Morgan fingerprint density at radius 2 is 2.29 bits per heavy atom. The Hall–Kier alpha value is -0.420. The first-order valence-corrected chi connectivity index (χ1v) is 6.70. The van der Waals surface area contributed by atoms with Gasteiger partial charge in [0.25, 0.3) is 0 Å². The van der Waals surface area contributed by atoms with Crippen LogP contribution in [0.15, 0.2) is 22.7 Å². The van der Waals surface area contributed by atoms with Crippen LogP contribution in [0.4, 0.5) is 0 Å². The van der Waals surface area contributed by atoms with Crippen molar-refractivity contribution in [2.24, 2.45) is 5.73 Å². The Kier molecular flexibility index (Phi) is 4.20. The molecule has 0 bridgehead atoms. The van der Waals surface area contributed by atoms with E-state index in [1.807, 2.05) is 0 Å². The second kappa shape index (κ2) is 5.48.